The molecule has 0 aliphatic rings. The minimum Gasteiger partial charge on any atom is -0.282 e. The van der Waals surface area contributed by atoms with Gasteiger partial charge in [0.05, 0.1) is 12.2 Å². The molecule has 0 N–H and O–H groups in total. The zero-order chi connectivity index (χ0) is 11.7. The Morgan fingerprint density at radius 1 is 1.38 bits per heavy atom. The molecule has 6 heteroatoms. The summed E-state index contributed by atoms with van der Waals surface area (Å²) in [5.74, 6) is 0.708. The molecule has 86 valence electrons. The highest BCUT2D eigenvalue weighted by molar-refractivity contribution is 4.99. The van der Waals surface area contributed by atoms with E-state index in [2.05, 4.69) is 10.2 Å². The van der Waals surface area contributed by atoms with Crippen LogP contribution in [0.2, 0.25) is 0 Å². The van der Waals surface area contributed by atoms with E-state index in [1.165, 1.54) is 9.25 Å². The Morgan fingerprint density at radius 2 is 2.12 bits per heavy atom. The highest BCUT2D eigenvalue weighted by Crippen LogP contribution is 1.97. The first-order chi connectivity index (χ1) is 7.61. The third kappa shape index (κ3) is 1.78. The van der Waals surface area contributed by atoms with Crippen molar-refractivity contribution < 1.29 is 0 Å². The first-order valence-electron chi connectivity index (χ1n) is 5.24. The Morgan fingerprint density at radius 3 is 2.62 bits per heavy atom. The summed E-state index contributed by atoms with van der Waals surface area (Å²) < 4.78 is 4.78. The van der Waals surface area contributed by atoms with Crippen LogP contribution in [0.25, 0.3) is 0 Å². The Balaban J connectivity index is 2.27. The molecule has 6 nitrogen and oxygen atoms in total. The normalized spacial score (nSPS) is 10.9. The average Bonchev–Trinajstić information content (AvgIpc) is 2.81. The lowest BCUT2D eigenvalue weighted by molar-refractivity contribution is 0.600. The molecule has 16 heavy (non-hydrogen) atoms. The van der Waals surface area contributed by atoms with Crippen molar-refractivity contribution in [2.45, 2.75) is 26.9 Å². The Hall–Kier alpha value is -1.85. The fraction of sp³-hybridized carbons (Fsp3) is 0.500. The molecular formula is C10H15N5O. The molecule has 0 saturated heterocycles. The van der Waals surface area contributed by atoms with Gasteiger partial charge in [-0.15, -0.1) is 0 Å². The minimum atomic E-state index is -0.108. The van der Waals surface area contributed by atoms with Gasteiger partial charge in [-0.3, -0.25) is 9.25 Å². The maximum atomic E-state index is 11.7. The van der Waals surface area contributed by atoms with E-state index in [4.69, 9.17) is 0 Å². The second-order valence-corrected chi connectivity index (χ2v) is 3.71. The lowest BCUT2D eigenvalue weighted by Crippen LogP contribution is -2.23. The van der Waals surface area contributed by atoms with Crippen molar-refractivity contribution in [1.29, 1.82) is 0 Å². The number of rotatable bonds is 3. The van der Waals surface area contributed by atoms with Gasteiger partial charge in [0.2, 0.25) is 0 Å². The summed E-state index contributed by atoms with van der Waals surface area (Å²) in [6.07, 6.45) is 1.90. The fourth-order valence-electron chi connectivity index (χ4n) is 1.52. The number of aryl methyl sites for hydroxylation is 2. The van der Waals surface area contributed by atoms with Crippen LogP contribution >= 0.6 is 0 Å². The SMILES string of the molecule is CCn1ccc(Cn2nc(C)n(C)c2=O)n1. The Kier molecular flexibility index (Phi) is 2.64. The summed E-state index contributed by atoms with van der Waals surface area (Å²) in [6, 6.07) is 1.90. The van der Waals surface area contributed by atoms with E-state index in [-0.39, 0.29) is 5.69 Å². The molecule has 0 atom stereocenters. The van der Waals surface area contributed by atoms with E-state index in [9.17, 15) is 4.79 Å². The largest absolute Gasteiger partial charge is 0.346 e. The van der Waals surface area contributed by atoms with Crippen molar-refractivity contribution in [3.8, 4) is 0 Å². The summed E-state index contributed by atoms with van der Waals surface area (Å²) in [4.78, 5) is 11.7. The third-order valence-electron chi connectivity index (χ3n) is 2.59. The molecule has 0 aliphatic carbocycles. The number of hydrogen-bond acceptors (Lipinski definition) is 3. The van der Waals surface area contributed by atoms with Gasteiger partial charge in [0.25, 0.3) is 0 Å². The third-order valence-corrected chi connectivity index (χ3v) is 2.59. The monoisotopic (exact) mass is 221 g/mol. The highest BCUT2D eigenvalue weighted by Gasteiger charge is 2.07. The van der Waals surface area contributed by atoms with Gasteiger partial charge in [-0.05, 0) is 19.9 Å². The molecule has 2 aromatic rings. The highest BCUT2D eigenvalue weighted by atomic mass is 16.2. The summed E-state index contributed by atoms with van der Waals surface area (Å²) in [7, 11) is 1.71. The van der Waals surface area contributed by atoms with Gasteiger partial charge in [0.1, 0.15) is 5.82 Å². The molecule has 2 heterocycles. The summed E-state index contributed by atoms with van der Waals surface area (Å²) in [5, 5.41) is 8.47. The van der Waals surface area contributed by atoms with Gasteiger partial charge in [-0.25, -0.2) is 9.48 Å². The quantitative estimate of drug-likeness (QED) is 0.741. The zero-order valence-electron chi connectivity index (χ0n) is 9.71. The molecule has 0 amide bonds. The minimum absolute atomic E-state index is 0.108. The summed E-state index contributed by atoms with van der Waals surface area (Å²) in [6.45, 7) is 5.08. The molecule has 0 saturated carbocycles. The fourth-order valence-corrected chi connectivity index (χ4v) is 1.52. The van der Waals surface area contributed by atoms with E-state index < -0.39 is 0 Å². The van der Waals surface area contributed by atoms with Gasteiger partial charge < -0.3 is 0 Å². The van der Waals surface area contributed by atoms with Crippen LogP contribution in [0.15, 0.2) is 17.1 Å². The van der Waals surface area contributed by atoms with Crippen molar-refractivity contribution in [2.75, 3.05) is 0 Å². The lowest BCUT2D eigenvalue weighted by atomic mass is 10.4. The molecular weight excluding hydrogens is 206 g/mol. The van der Waals surface area contributed by atoms with Crippen LogP contribution < -0.4 is 5.69 Å². The number of aromatic nitrogens is 5. The van der Waals surface area contributed by atoms with Crippen LogP contribution in [-0.4, -0.2) is 24.1 Å². The average molecular weight is 221 g/mol. The number of hydrogen-bond donors (Lipinski definition) is 0. The summed E-state index contributed by atoms with van der Waals surface area (Å²) in [5.41, 5.74) is 0.741. The van der Waals surface area contributed by atoms with Crippen LogP contribution in [0.4, 0.5) is 0 Å². The Bertz CT molecular complexity index is 548. The van der Waals surface area contributed by atoms with Gasteiger partial charge >= 0.3 is 5.69 Å². The van der Waals surface area contributed by atoms with Crippen molar-refractivity contribution in [3.63, 3.8) is 0 Å². The molecule has 2 aromatic heterocycles. The van der Waals surface area contributed by atoms with Gasteiger partial charge in [0.15, 0.2) is 0 Å². The maximum absolute atomic E-state index is 11.7. The summed E-state index contributed by atoms with van der Waals surface area (Å²) >= 11 is 0. The first kappa shape index (κ1) is 10.7. The predicted molar refractivity (Wildman–Crippen MR) is 59.2 cm³/mol. The van der Waals surface area contributed by atoms with E-state index in [1.54, 1.807) is 7.05 Å². The molecule has 2 rings (SSSR count). The predicted octanol–water partition coefficient (Wildman–Crippen LogP) is 0.155. The van der Waals surface area contributed by atoms with E-state index in [0.29, 0.717) is 12.4 Å². The van der Waals surface area contributed by atoms with Crippen LogP contribution in [0.1, 0.15) is 18.4 Å². The van der Waals surface area contributed by atoms with Crippen molar-refractivity contribution in [3.05, 3.63) is 34.3 Å². The van der Waals surface area contributed by atoms with Gasteiger partial charge in [0, 0.05) is 19.8 Å². The zero-order valence-corrected chi connectivity index (χ0v) is 9.71. The topological polar surface area (TPSA) is 57.6 Å². The molecule has 0 spiro atoms. The van der Waals surface area contributed by atoms with E-state index in [1.807, 2.05) is 30.8 Å². The van der Waals surface area contributed by atoms with E-state index in [0.717, 1.165) is 12.2 Å². The Labute approximate surface area is 93.1 Å². The van der Waals surface area contributed by atoms with Gasteiger partial charge in [-0.2, -0.15) is 10.2 Å². The standard InChI is InChI=1S/C10H15N5O/c1-4-14-6-5-9(12-14)7-15-10(16)13(3)8(2)11-15/h5-6H,4,7H2,1-3H3. The number of nitrogens with zero attached hydrogens (tertiary/aromatic N) is 5. The first-order valence-corrected chi connectivity index (χ1v) is 5.24. The smallest absolute Gasteiger partial charge is 0.282 e. The molecule has 0 radical (unpaired) electrons. The second kappa shape index (κ2) is 3.96. The molecule has 0 aliphatic heterocycles. The second-order valence-electron chi connectivity index (χ2n) is 3.71. The maximum Gasteiger partial charge on any atom is 0.346 e. The van der Waals surface area contributed by atoms with Crippen molar-refractivity contribution >= 4 is 0 Å². The van der Waals surface area contributed by atoms with Crippen LogP contribution in [0.5, 0.6) is 0 Å². The van der Waals surface area contributed by atoms with Gasteiger partial charge in [-0.1, -0.05) is 0 Å². The lowest BCUT2D eigenvalue weighted by Gasteiger charge is -1.95. The van der Waals surface area contributed by atoms with Crippen molar-refractivity contribution in [1.82, 2.24) is 24.1 Å². The van der Waals surface area contributed by atoms with E-state index >= 15 is 0 Å². The molecule has 0 bridgehead atoms. The van der Waals surface area contributed by atoms with Crippen molar-refractivity contribution in [2.24, 2.45) is 7.05 Å². The molecule has 0 aromatic carbocycles. The van der Waals surface area contributed by atoms with Crippen LogP contribution in [0.3, 0.4) is 0 Å². The molecule has 0 fully saturated rings. The van der Waals surface area contributed by atoms with Crippen LogP contribution in [-0.2, 0) is 20.1 Å². The molecule has 0 unspecified atom stereocenters. The van der Waals surface area contributed by atoms with Crippen LogP contribution in [0, 0.1) is 6.92 Å².